The van der Waals surface area contributed by atoms with Gasteiger partial charge >= 0.3 is 0 Å². The maximum absolute atomic E-state index is 12.5. The second kappa shape index (κ2) is 8.49. The van der Waals surface area contributed by atoms with Gasteiger partial charge in [0.1, 0.15) is 16.7 Å². The molecule has 3 rings (SSSR count). The van der Waals surface area contributed by atoms with E-state index in [9.17, 15) is 4.21 Å². The van der Waals surface area contributed by atoms with Crippen LogP contribution in [0.5, 0.6) is 5.75 Å². The Morgan fingerprint density at radius 1 is 0.926 bits per heavy atom. The van der Waals surface area contributed by atoms with Crippen molar-refractivity contribution in [3.63, 3.8) is 0 Å². The molecule has 0 spiro atoms. The van der Waals surface area contributed by atoms with Crippen molar-refractivity contribution in [3.05, 3.63) is 78.4 Å². The van der Waals surface area contributed by atoms with Crippen molar-refractivity contribution in [1.29, 1.82) is 0 Å². The number of ether oxygens (including phenoxy) is 1. The normalized spacial score (nSPS) is 13.5. The molecule has 0 amide bonds. The van der Waals surface area contributed by atoms with Gasteiger partial charge in [0.15, 0.2) is 0 Å². The Hall–Kier alpha value is -2.46. The number of rotatable bonds is 6. The molecule has 0 bridgehead atoms. The minimum Gasteiger partial charge on any atom is -0.493 e. The molecule has 0 heterocycles. The number of fused-ring (bicyclic) bond motifs is 1. The Kier molecular flexibility index (Phi) is 6.07. The van der Waals surface area contributed by atoms with Crippen LogP contribution in [-0.4, -0.2) is 21.3 Å². The van der Waals surface area contributed by atoms with Gasteiger partial charge in [-0.3, -0.25) is 0 Å². The van der Waals surface area contributed by atoms with Crippen molar-refractivity contribution in [2.45, 2.75) is 31.9 Å². The summed E-state index contributed by atoms with van der Waals surface area (Å²) in [5, 5.41) is 2.25. The summed E-state index contributed by atoms with van der Waals surface area (Å²) in [6, 6.07) is 24.1. The van der Waals surface area contributed by atoms with E-state index >= 15 is 0 Å². The average Bonchev–Trinajstić information content (AvgIpc) is 2.67. The molecule has 0 fully saturated rings. The first-order valence-electron chi connectivity index (χ1n) is 9.11. The Morgan fingerprint density at radius 3 is 2.33 bits per heavy atom. The maximum Gasteiger partial charge on any atom is 0.145 e. The fourth-order valence-corrected chi connectivity index (χ4v) is 3.36. The molecule has 4 heteroatoms. The zero-order valence-corrected chi connectivity index (χ0v) is 16.8. The summed E-state index contributed by atoms with van der Waals surface area (Å²) >= 11 is 0. The predicted molar refractivity (Wildman–Crippen MR) is 115 cm³/mol. The van der Waals surface area contributed by atoms with Crippen molar-refractivity contribution >= 4 is 27.5 Å². The van der Waals surface area contributed by atoms with Crippen LogP contribution in [-0.2, 0) is 11.0 Å². The van der Waals surface area contributed by atoms with E-state index in [2.05, 4.69) is 22.6 Å². The van der Waals surface area contributed by atoms with Gasteiger partial charge in [-0.05, 0) is 37.8 Å². The SMILES string of the molecule is CC(C)(C)S(=O)/N=C(/CCOc1cccc2ccccc12)c1ccccc1. The van der Waals surface area contributed by atoms with Crippen LogP contribution >= 0.6 is 0 Å². The van der Waals surface area contributed by atoms with E-state index in [1.54, 1.807) is 0 Å². The molecule has 3 aromatic carbocycles. The van der Waals surface area contributed by atoms with Gasteiger partial charge in [-0.25, -0.2) is 4.21 Å². The topological polar surface area (TPSA) is 38.7 Å². The molecule has 0 N–H and O–H groups in total. The highest BCUT2D eigenvalue weighted by Gasteiger charge is 2.20. The third-order valence-electron chi connectivity index (χ3n) is 4.17. The first-order valence-corrected chi connectivity index (χ1v) is 10.2. The Labute approximate surface area is 163 Å². The van der Waals surface area contributed by atoms with E-state index < -0.39 is 15.7 Å². The second-order valence-electron chi connectivity index (χ2n) is 7.34. The number of benzene rings is 3. The van der Waals surface area contributed by atoms with Crippen LogP contribution in [0.2, 0.25) is 0 Å². The van der Waals surface area contributed by atoms with Crippen molar-refractivity contribution in [2.75, 3.05) is 6.61 Å². The maximum atomic E-state index is 12.5. The molecule has 3 nitrogen and oxygen atoms in total. The molecule has 0 saturated heterocycles. The second-order valence-corrected chi connectivity index (χ2v) is 9.25. The molecule has 0 aliphatic carbocycles. The lowest BCUT2D eigenvalue weighted by atomic mass is 10.1. The van der Waals surface area contributed by atoms with E-state index in [0.717, 1.165) is 27.8 Å². The lowest BCUT2D eigenvalue weighted by Gasteiger charge is -2.16. The highest BCUT2D eigenvalue weighted by molar-refractivity contribution is 7.85. The molecule has 0 radical (unpaired) electrons. The Morgan fingerprint density at radius 2 is 1.59 bits per heavy atom. The third-order valence-corrected chi connectivity index (χ3v) is 5.60. The zero-order chi connectivity index (χ0) is 19.3. The molecule has 140 valence electrons. The molecule has 0 aromatic heterocycles. The van der Waals surface area contributed by atoms with Gasteiger partial charge in [0, 0.05) is 11.8 Å². The fraction of sp³-hybridized carbons (Fsp3) is 0.261. The van der Waals surface area contributed by atoms with Crippen LogP contribution in [0, 0.1) is 0 Å². The molecule has 1 atom stereocenters. The highest BCUT2D eigenvalue weighted by Crippen LogP contribution is 2.25. The van der Waals surface area contributed by atoms with Gasteiger partial charge in [-0.15, -0.1) is 0 Å². The van der Waals surface area contributed by atoms with Gasteiger partial charge in [-0.2, -0.15) is 4.40 Å². The van der Waals surface area contributed by atoms with E-state index in [0.29, 0.717) is 13.0 Å². The highest BCUT2D eigenvalue weighted by atomic mass is 32.2. The minimum absolute atomic E-state index is 0.392. The smallest absolute Gasteiger partial charge is 0.145 e. The zero-order valence-electron chi connectivity index (χ0n) is 16.0. The first kappa shape index (κ1) is 19.3. The van der Waals surface area contributed by atoms with Gasteiger partial charge < -0.3 is 4.74 Å². The largest absolute Gasteiger partial charge is 0.493 e. The summed E-state index contributed by atoms with van der Waals surface area (Å²) in [5.74, 6) is 0.859. The van der Waals surface area contributed by atoms with Crippen LogP contribution in [0.3, 0.4) is 0 Å². The summed E-state index contributed by atoms with van der Waals surface area (Å²) in [6.45, 7) is 6.27. The van der Waals surface area contributed by atoms with Gasteiger partial charge in [0.25, 0.3) is 0 Å². The molecule has 3 aromatic rings. The van der Waals surface area contributed by atoms with E-state index in [-0.39, 0.29) is 0 Å². The van der Waals surface area contributed by atoms with Crippen molar-refractivity contribution < 1.29 is 8.95 Å². The Balaban J connectivity index is 1.79. The van der Waals surface area contributed by atoms with Gasteiger partial charge in [0.2, 0.25) is 0 Å². The monoisotopic (exact) mass is 379 g/mol. The first-order chi connectivity index (χ1) is 12.9. The molecule has 0 aliphatic heterocycles. The molecule has 0 aliphatic rings. The van der Waals surface area contributed by atoms with Crippen LogP contribution in [0.1, 0.15) is 32.8 Å². The summed E-state index contributed by atoms with van der Waals surface area (Å²) < 4.78 is 22.7. The summed E-state index contributed by atoms with van der Waals surface area (Å²) in [7, 11) is -1.31. The summed E-state index contributed by atoms with van der Waals surface area (Å²) in [6.07, 6.45) is 0.592. The molecule has 0 saturated carbocycles. The van der Waals surface area contributed by atoms with Crippen LogP contribution in [0.15, 0.2) is 77.2 Å². The van der Waals surface area contributed by atoms with Crippen LogP contribution in [0.25, 0.3) is 10.8 Å². The average molecular weight is 380 g/mol. The van der Waals surface area contributed by atoms with Crippen molar-refractivity contribution in [3.8, 4) is 5.75 Å². The third kappa shape index (κ3) is 5.04. The van der Waals surface area contributed by atoms with Gasteiger partial charge in [0.05, 0.1) is 17.1 Å². The lowest BCUT2D eigenvalue weighted by Crippen LogP contribution is -2.21. The van der Waals surface area contributed by atoms with E-state index in [4.69, 9.17) is 4.74 Å². The molecular weight excluding hydrogens is 354 g/mol. The minimum atomic E-state index is -1.31. The predicted octanol–water partition coefficient (Wildman–Crippen LogP) is 5.56. The standard InChI is InChI=1S/C23H25NO2S/c1-23(2,3)27(25)24-21(19-11-5-4-6-12-19)16-17-26-22-15-9-13-18-10-7-8-14-20(18)22/h4-15H,16-17H2,1-3H3/b24-21-. The number of nitrogens with zero attached hydrogens (tertiary/aromatic N) is 1. The summed E-state index contributed by atoms with van der Waals surface area (Å²) in [4.78, 5) is 0. The molecule has 1 unspecified atom stereocenters. The lowest BCUT2D eigenvalue weighted by molar-refractivity contribution is 0.333. The molecule has 27 heavy (non-hydrogen) atoms. The number of hydrogen-bond acceptors (Lipinski definition) is 2. The van der Waals surface area contributed by atoms with Crippen LogP contribution < -0.4 is 4.74 Å². The van der Waals surface area contributed by atoms with Crippen molar-refractivity contribution in [1.82, 2.24) is 0 Å². The van der Waals surface area contributed by atoms with E-state index in [1.165, 1.54) is 0 Å². The quantitative estimate of drug-likeness (QED) is 0.526. The fourth-order valence-electron chi connectivity index (χ4n) is 2.69. The number of hydrogen-bond donors (Lipinski definition) is 0. The van der Waals surface area contributed by atoms with Crippen LogP contribution in [0.4, 0.5) is 0 Å². The Bertz CT molecular complexity index is 954. The van der Waals surface area contributed by atoms with Crippen molar-refractivity contribution in [2.24, 2.45) is 4.40 Å². The van der Waals surface area contributed by atoms with E-state index in [1.807, 2.05) is 75.4 Å². The van der Waals surface area contributed by atoms with Gasteiger partial charge in [-0.1, -0.05) is 66.7 Å². The molecular formula is C23H25NO2S. The summed E-state index contributed by atoms with van der Waals surface area (Å²) in [5.41, 5.74) is 1.79.